The quantitative estimate of drug-likeness (QED) is 0.816. The maximum Gasteiger partial charge on any atom is 0.236 e. The maximum absolute atomic E-state index is 12.8. The van der Waals surface area contributed by atoms with E-state index in [4.69, 9.17) is 0 Å². The van der Waals surface area contributed by atoms with Crippen LogP contribution in [-0.2, 0) is 10.0 Å². The topological polar surface area (TPSA) is 49.4 Å². The Hall–Kier alpha value is -1.14. The lowest BCUT2D eigenvalue weighted by atomic mass is 10.3. The summed E-state index contributed by atoms with van der Waals surface area (Å²) in [5.74, 6) is -0.287. The van der Waals surface area contributed by atoms with Crippen molar-refractivity contribution in [1.29, 1.82) is 0 Å². The van der Waals surface area contributed by atoms with Crippen molar-refractivity contribution in [2.75, 3.05) is 29.7 Å². The Morgan fingerprint density at radius 1 is 1.18 bits per heavy atom. The monoisotopic (exact) mass is 258 g/mol. The van der Waals surface area contributed by atoms with Gasteiger partial charge in [0.1, 0.15) is 5.82 Å². The SMILES string of the molecule is O=S1(=O)CCNCCCN1c1ccc(F)cc1. The summed E-state index contributed by atoms with van der Waals surface area (Å²) < 4.78 is 38.2. The molecular formula is C11H15FN2O2S. The molecule has 1 aliphatic rings. The minimum Gasteiger partial charge on any atom is -0.316 e. The van der Waals surface area contributed by atoms with Gasteiger partial charge in [0.05, 0.1) is 11.4 Å². The van der Waals surface area contributed by atoms with E-state index in [-0.39, 0.29) is 11.6 Å². The number of sulfonamides is 1. The second-order valence-corrected chi connectivity index (χ2v) is 5.98. The van der Waals surface area contributed by atoms with Crippen LogP contribution >= 0.6 is 0 Å². The smallest absolute Gasteiger partial charge is 0.236 e. The van der Waals surface area contributed by atoms with Crippen LogP contribution in [-0.4, -0.2) is 33.8 Å². The molecule has 0 spiro atoms. The number of rotatable bonds is 1. The number of hydrogen-bond donors (Lipinski definition) is 1. The van der Waals surface area contributed by atoms with Crippen LogP contribution in [0.4, 0.5) is 10.1 Å². The average Bonchev–Trinajstić information content (AvgIpc) is 2.27. The summed E-state index contributed by atoms with van der Waals surface area (Å²) in [7, 11) is -3.30. The normalized spacial score (nSPS) is 20.6. The van der Waals surface area contributed by atoms with E-state index in [9.17, 15) is 12.8 Å². The molecule has 0 saturated carbocycles. The Balaban J connectivity index is 2.29. The van der Waals surface area contributed by atoms with E-state index in [1.807, 2.05) is 0 Å². The Morgan fingerprint density at radius 2 is 1.88 bits per heavy atom. The predicted molar refractivity (Wildman–Crippen MR) is 65.0 cm³/mol. The Kier molecular flexibility index (Phi) is 3.63. The number of nitrogens with zero attached hydrogens (tertiary/aromatic N) is 1. The van der Waals surface area contributed by atoms with Crippen LogP contribution in [0.2, 0.25) is 0 Å². The molecule has 1 aromatic rings. The molecule has 1 saturated heterocycles. The number of benzene rings is 1. The molecule has 0 aliphatic carbocycles. The summed E-state index contributed by atoms with van der Waals surface area (Å²) in [5, 5.41) is 3.06. The minimum atomic E-state index is -3.30. The number of anilines is 1. The van der Waals surface area contributed by atoms with Crippen molar-refractivity contribution in [2.45, 2.75) is 6.42 Å². The van der Waals surface area contributed by atoms with E-state index in [0.29, 0.717) is 18.8 Å². The molecular weight excluding hydrogens is 243 g/mol. The molecule has 4 nitrogen and oxygen atoms in total. The zero-order valence-electron chi connectivity index (χ0n) is 9.39. The first-order chi connectivity index (χ1) is 8.09. The van der Waals surface area contributed by atoms with Crippen molar-refractivity contribution < 1.29 is 12.8 Å². The summed E-state index contributed by atoms with van der Waals surface area (Å²) in [6.07, 6.45) is 0.747. The van der Waals surface area contributed by atoms with Gasteiger partial charge in [0.2, 0.25) is 10.0 Å². The van der Waals surface area contributed by atoms with Crippen LogP contribution in [0.15, 0.2) is 24.3 Å². The van der Waals surface area contributed by atoms with Gasteiger partial charge in [0.15, 0.2) is 0 Å². The van der Waals surface area contributed by atoms with E-state index in [1.165, 1.54) is 28.6 Å². The molecule has 1 heterocycles. The van der Waals surface area contributed by atoms with Crippen LogP contribution in [0.25, 0.3) is 0 Å². The standard InChI is InChI=1S/C11H15FN2O2S/c12-10-2-4-11(5-3-10)14-8-1-6-13-7-9-17(14,15)16/h2-5,13H,1,6-9H2. The van der Waals surface area contributed by atoms with Gasteiger partial charge in [-0.05, 0) is 37.2 Å². The summed E-state index contributed by atoms with van der Waals surface area (Å²) in [5.41, 5.74) is 0.535. The second kappa shape index (κ2) is 5.01. The van der Waals surface area contributed by atoms with Crippen LogP contribution < -0.4 is 9.62 Å². The highest BCUT2D eigenvalue weighted by Gasteiger charge is 2.23. The summed E-state index contributed by atoms with van der Waals surface area (Å²) in [6.45, 7) is 1.69. The largest absolute Gasteiger partial charge is 0.316 e. The molecule has 0 bridgehead atoms. The van der Waals surface area contributed by atoms with E-state index in [2.05, 4.69) is 5.32 Å². The Labute approximate surface area is 100 Å². The van der Waals surface area contributed by atoms with Crippen molar-refractivity contribution in [3.63, 3.8) is 0 Å². The van der Waals surface area contributed by atoms with Gasteiger partial charge in [0.25, 0.3) is 0 Å². The number of nitrogens with one attached hydrogen (secondary N) is 1. The van der Waals surface area contributed by atoms with Crippen LogP contribution in [0.1, 0.15) is 6.42 Å². The lowest BCUT2D eigenvalue weighted by molar-refractivity contribution is 0.572. The van der Waals surface area contributed by atoms with Crippen molar-refractivity contribution in [2.24, 2.45) is 0 Å². The highest BCUT2D eigenvalue weighted by molar-refractivity contribution is 7.92. The maximum atomic E-state index is 12.8. The van der Waals surface area contributed by atoms with E-state index in [0.717, 1.165) is 13.0 Å². The van der Waals surface area contributed by atoms with Gasteiger partial charge in [-0.25, -0.2) is 12.8 Å². The molecule has 0 amide bonds. The second-order valence-electron chi connectivity index (χ2n) is 3.97. The van der Waals surface area contributed by atoms with Gasteiger partial charge in [0, 0.05) is 13.1 Å². The van der Waals surface area contributed by atoms with Gasteiger partial charge in [-0.2, -0.15) is 0 Å². The zero-order chi connectivity index (χ0) is 12.3. The van der Waals surface area contributed by atoms with E-state index in [1.54, 1.807) is 0 Å². The van der Waals surface area contributed by atoms with E-state index < -0.39 is 10.0 Å². The predicted octanol–water partition coefficient (Wildman–Crippen LogP) is 0.955. The fraction of sp³-hybridized carbons (Fsp3) is 0.455. The molecule has 6 heteroatoms. The highest BCUT2D eigenvalue weighted by atomic mass is 32.2. The van der Waals surface area contributed by atoms with Gasteiger partial charge in [-0.15, -0.1) is 0 Å². The molecule has 1 N–H and O–H groups in total. The van der Waals surface area contributed by atoms with Crippen molar-refractivity contribution in [3.05, 3.63) is 30.1 Å². The molecule has 0 unspecified atom stereocenters. The lowest BCUT2D eigenvalue weighted by Gasteiger charge is -2.26. The Bertz CT molecular complexity index is 473. The first-order valence-corrected chi connectivity index (χ1v) is 7.17. The number of halogens is 1. The molecule has 0 atom stereocenters. The number of hydrogen-bond acceptors (Lipinski definition) is 3. The molecule has 17 heavy (non-hydrogen) atoms. The van der Waals surface area contributed by atoms with Crippen molar-refractivity contribution >= 4 is 15.7 Å². The fourth-order valence-electron chi connectivity index (χ4n) is 1.82. The summed E-state index contributed by atoms with van der Waals surface area (Å²) >= 11 is 0. The summed E-state index contributed by atoms with van der Waals surface area (Å²) in [6, 6.07) is 5.56. The fourth-order valence-corrected chi connectivity index (χ4v) is 3.29. The lowest BCUT2D eigenvalue weighted by Crippen LogP contribution is -2.41. The van der Waals surface area contributed by atoms with Gasteiger partial charge in [-0.1, -0.05) is 0 Å². The first kappa shape index (κ1) is 12.3. The average molecular weight is 258 g/mol. The minimum absolute atomic E-state index is 0.0738. The molecule has 0 aromatic heterocycles. The van der Waals surface area contributed by atoms with Gasteiger partial charge < -0.3 is 5.32 Å². The van der Waals surface area contributed by atoms with Gasteiger partial charge >= 0.3 is 0 Å². The van der Waals surface area contributed by atoms with Crippen LogP contribution in [0.5, 0.6) is 0 Å². The third-order valence-electron chi connectivity index (χ3n) is 2.70. The third kappa shape index (κ3) is 2.95. The van der Waals surface area contributed by atoms with Gasteiger partial charge in [-0.3, -0.25) is 4.31 Å². The van der Waals surface area contributed by atoms with E-state index >= 15 is 0 Å². The Morgan fingerprint density at radius 3 is 2.59 bits per heavy atom. The first-order valence-electron chi connectivity index (χ1n) is 5.56. The summed E-state index contributed by atoms with van der Waals surface area (Å²) in [4.78, 5) is 0. The van der Waals surface area contributed by atoms with Crippen molar-refractivity contribution in [3.8, 4) is 0 Å². The highest BCUT2D eigenvalue weighted by Crippen LogP contribution is 2.19. The molecule has 0 radical (unpaired) electrons. The van der Waals surface area contributed by atoms with Crippen LogP contribution in [0.3, 0.4) is 0 Å². The molecule has 2 rings (SSSR count). The van der Waals surface area contributed by atoms with Crippen LogP contribution in [0, 0.1) is 5.82 Å². The van der Waals surface area contributed by atoms with Crippen molar-refractivity contribution in [1.82, 2.24) is 5.32 Å². The zero-order valence-corrected chi connectivity index (χ0v) is 10.2. The molecule has 1 aromatic carbocycles. The molecule has 94 valence electrons. The molecule has 1 aliphatic heterocycles. The third-order valence-corrected chi connectivity index (χ3v) is 4.49. The molecule has 1 fully saturated rings.